The van der Waals surface area contributed by atoms with Gasteiger partial charge in [0, 0.05) is 12.5 Å². The Bertz CT molecular complexity index is 1860. The molecule has 5 aromatic rings. The lowest BCUT2D eigenvalue weighted by molar-refractivity contribution is -0.124. The van der Waals surface area contributed by atoms with Crippen LogP contribution in [0.15, 0.2) is 103 Å². The molecule has 43 heavy (non-hydrogen) atoms. The first-order chi connectivity index (χ1) is 20.8. The highest BCUT2D eigenvalue weighted by Gasteiger charge is 2.46. The minimum atomic E-state index is -1.77. The third kappa shape index (κ3) is 5.70. The summed E-state index contributed by atoms with van der Waals surface area (Å²) in [6.07, 6.45) is -5.13. The maximum atomic E-state index is 13.7. The number of phenolic OH excluding ortho intramolecular Hbond substituents is 1. The number of ether oxygens (including phenoxy) is 1. The van der Waals surface area contributed by atoms with Crippen molar-refractivity contribution < 1.29 is 34.0 Å². The maximum Gasteiger partial charge on any atom is 0.292 e. The number of phenols is 1. The van der Waals surface area contributed by atoms with Gasteiger partial charge in [-0.1, -0.05) is 60.7 Å². The van der Waals surface area contributed by atoms with Crippen molar-refractivity contribution in [1.82, 2.24) is 0 Å². The highest BCUT2D eigenvalue weighted by Crippen LogP contribution is 2.39. The van der Waals surface area contributed by atoms with E-state index >= 15 is 0 Å². The number of aryl methyl sites for hydroxylation is 3. The topological polar surface area (TPSA) is 151 Å². The van der Waals surface area contributed by atoms with E-state index in [2.05, 4.69) is 0 Å². The zero-order valence-electron chi connectivity index (χ0n) is 23.1. The molecule has 0 spiro atoms. The molecule has 0 radical (unpaired) electrons. The Kier molecular flexibility index (Phi) is 7.86. The first-order valence-electron chi connectivity index (χ1n) is 14.0. The lowest BCUT2D eigenvalue weighted by atomic mass is 9.87. The van der Waals surface area contributed by atoms with Crippen molar-refractivity contribution >= 4 is 11.0 Å². The van der Waals surface area contributed by atoms with Crippen molar-refractivity contribution in [3.8, 4) is 11.7 Å². The molecule has 0 saturated carbocycles. The molecule has 0 aliphatic heterocycles. The Morgan fingerprint density at radius 1 is 0.721 bits per heavy atom. The Hall–Kier alpha value is -4.70. The Morgan fingerprint density at radius 2 is 1.37 bits per heavy atom. The second-order valence-corrected chi connectivity index (χ2v) is 10.7. The summed E-state index contributed by atoms with van der Waals surface area (Å²) in [5.74, 6) is -0.184. The molecule has 4 N–H and O–H groups in total. The average Bonchev–Trinajstić information content (AvgIpc) is 3.02. The van der Waals surface area contributed by atoms with E-state index in [1.807, 2.05) is 60.7 Å². The minimum Gasteiger partial charge on any atom is -0.508 e. The van der Waals surface area contributed by atoms with E-state index in [0.717, 1.165) is 11.1 Å². The molecule has 2 heterocycles. The van der Waals surface area contributed by atoms with Crippen LogP contribution in [0.5, 0.6) is 11.7 Å². The van der Waals surface area contributed by atoms with Gasteiger partial charge in [-0.05, 0) is 48.6 Å². The average molecular weight is 583 g/mol. The predicted molar refractivity (Wildman–Crippen MR) is 157 cm³/mol. The third-order valence-electron chi connectivity index (χ3n) is 7.78. The van der Waals surface area contributed by atoms with Crippen molar-refractivity contribution in [2.24, 2.45) is 0 Å². The van der Waals surface area contributed by atoms with Gasteiger partial charge in [-0.3, -0.25) is 9.59 Å². The van der Waals surface area contributed by atoms with Crippen molar-refractivity contribution in [2.45, 2.75) is 50.1 Å². The van der Waals surface area contributed by atoms with E-state index in [-0.39, 0.29) is 46.0 Å². The summed E-state index contributed by atoms with van der Waals surface area (Å²) in [6.45, 7) is 0. The fourth-order valence-corrected chi connectivity index (χ4v) is 5.47. The summed E-state index contributed by atoms with van der Waals surface area (Å²) in [4.78, 5) is 26.8. The van der Waals surface area contributed by atoms with Crippen LogP contribution in [0.4, 0.5) is 0 Å². The predicted octanol–water partition coefficient (Wildman–Crippen LogP) is 3.91. The largest absolute Gasteiger partial charge is 0.508 e. The monoisotopic (exact) mass is 582 g/mol. The summed E-state index contributed by atoms with van der Waals surface area (Å²) in [5, 5.41) is 42.6. The van der Waals surface area contributed by atoms with E-state index in [0.29, 0.717) is 25.0 Å². The van der Waals surface area contributed by atoms with Crippen LogP contribution in [0.3, 0.4) is 0 Å². The molecule has 1 aliphatic carbocycles. The lowest BCUT2D eigenvalue weighted by Gasteiger charge is -2.35. The summed E-state index contributed by atoms with van der Waals surface area (Å²) in [6, 6.07) is 24.5. The van der Waals surface area contributed by atoms with Crippen LogP contribution in [0, 0.1) is 0 Å². The summed E-state index contributed by atoms with van der Waals surface area (Å²) in [7, 11) is 0. The van der Waals surface area contributed by atoms with E-state index < -0.39 is 35.3 Å². The fraction of sp³-hybridized carbons (Fsp3) is 0.235. The SMILES string of the molecule is O=c1cc(CCc2ccccc2)oc2c1[C@H](O)[C@@H](O)[C@@H](O)[C@@H]2Oc1oc2ccc(O)cc2c(=O)c1CCc1ccccc1. The molecular formula is C34H30O9. The van der Waals surface area contributed by atoms with Crippen LogP contribution in [0.1, 0.15) is 46.0 Å². The standard InChI is InChI=1S/C34H30O9/c35-21-13-16-26-24(17-21)28(37)23(15-12-20-9-5-2-6-10-20)34(42-26)43-33-31(40)30(39)29(38)27-25(36)18-22(41-32(27)33)14-11-19-7-3-1-4-8-19/h1-10,13,16-18,29-31,33,35,38-40H,11-12,14-15H2/t29-,30+,31+,33-/m0/s1. The fourth-order valence-electron chi connectivity index (χ4n) is 5.47. The van der Waals surface area contributed by atoms with Crippen LogP contribution < -0.4 is 15.6 Å². The molecule has 0 unspecified atom stereocenters. The molecular weight excluding hydrogens is 552 g/mol. The molecule has 9 heteroatoms. The number of benzene rings is 3. The number of aromatic hydroxyl groups is 1. The minimum absolute atomic E-state index is 0.110. The van der Waals surface area contributed by atoms with E-state index in [9.17, 15) is 30.0 Å². The molecule has 0 amide bonds. The normalized spacial score (nSPS) is 19.7. The molecule has 0 bridgehead atoms. The number of aliphatic hydroxyl groups excluding tert-OH is 3. The molecule has 0 saturated heterocycles. The van der Waals surface area contributed by atoms with E-state index in [1.54, 1.807) is 0 Å². The van der Waals surface area contributed by atoms with Crippen molar-refractivity contribution in [1.29, 1.82) is 0 Å². The zero-order chi connectivity index (χ0) is 30.1. The summed E-state index contributed by atoms with van der Waals surface area (Å²) >= 11 is 0. The van der Waals surface area contributed by atoms with Gasteiger partial charge in [-0.15, -0.1) is 0 Å². The zero-order valence-corrected chi connectivity index (χ0v) is 23.1. The van der Waals surface area contributed by atoms with Gasteiger partial charge in [0.2, 0.25) is 0 Å². The van der Waals surface area contributed by atoms with E-state index in [4.69, 9.17) is 13.6 Å². The number of aliphatic hydroxyl groups is 3. The molecule has 0 fully saturated rings. The highest BCUT2D eigenvalue weighted by molar-refractivity contribution is 5.79. The van der Waals surface area contributed by atoms with Gasteiger partial charge >= 0.3 is 0 Å². The van der Waals surface area contributed by atoms with Gasteiger partial charge in [-0.2, -0.15) is 0 Å². The second kappa shape index (κ2) is 11.9. The Morgan fingerprint density at radius 3 is 2.05 bits per heavy atom. The van der Waals surface area contributed by atoms with Crippen molar-refractivity contribution in [3.63, 3.8) is 0 Å². The van der Waals surface area contributed by atoms with E-state index in [1.165, 1.54) is 24.3 Å². The molecule has 9 nitrogen and oxygen atoms in total. The van der Waals surface area contributed by atoms with Gasteiger partial charge in [0.1, 0.15) is 35.4 Å². The number of fused-ring (bicyclic) bond motifs is 2. The van der Waals surface area contributed by atoms with Crippen LogP contribution in [-0.4, -0.2) is 32.6 Å². The third-order valence-corrected chi connectivity index (χ3v) is 7.78. The second-order valence-electron chi connectivity index (χ2n) is 10.7. The quantitative estimate of drug-likeness (QED) is 0.214. The van der Waals surface area contributed by atoms with Crippen LogP contribution in [0.2, 0.25) is 0 Å². The van der Waals surface area contributed by atoms with Gasteiger partial charge in [0.05, 0.1) is 16.5 Å². The van der Waals surface area contributed by atoms with Gasteiger partial charge in [0.15, 0.2) is 22.7 Å². The van der Waals surface area contributed by atoms with Crippen LogP contribution >= 0.6 is 0 Å². The summed E-state index contributed by atoms with van der Waals surface area (Å²) < 4.78 is 18.2. The van der Waals surface area contributed by atoms with Crippen molar-refractivity contribution in [3.05, 3.63) is 139 Å². The van der Waals surface area contributed by atoms with Crippen molar-refractivity contribution in [2.75, 3.05) is 0 Å². The first kappa shape index (κ1) is 28.4. The summed E-state index contributed by atoms with van der Waals surface area (Å²) in [5.41, 5.74) is 1.01. The molecule has 4 atom stereocenters. The lowest BCUT2D eigenvalue weighted by Crippen LogP contribution is -2.46. The smallest absolute Gasteiger partial charge is 0.292 e. The number of rotatable bonds is 8. The Labute approximate surface area is 245 Å². The number of hydrogen-bond acceptors (Lipinski definition) is 9. The van der Waals surface area contributed by atoms with Gasteiger partial charge < -0.3 is 34.0 Å². The van der Waals surface area contributed by atoms with Crippen LogP contribution in [-0.2, 0) is 25.7 Å². The molecule has 3 aromatic carbocycles. The Balaban J connectivity index is 1.42. The highest BCUT2D eigenvalue weighted by atomic mass is 16.6. The molecule has 220 valence electrons. The molecule has 6 rings (SSSR count). The van der Waals surface area contributed by atoms with Gasteiger partial charge in [0.25, 0.3) is 5.95 Å². The number of hydrogen-bond donors (Lipinski definition) is 4. The maximum absolute atomic E-state index is 13.7. The van der Waals surface area contributed by atoms with Crippen LogP contribution in [0.25, 0.3) is 11.0 Å². The van der Waals surface area contributed by atoms with Gasteiger partial charge in [-0.25, -0.2) is 0 Å². The molecule has 2 aromatic heterocycles. The first-order valence-corrected chi connectivity index (χ1v) is 14.0. The molecule has 1 aliphatic rings.